The van der Waals surface area contributed by atoms with Crippen molar-refractivity contribution >= 4 is 22.4 Å². The highest BCUT2D eigenvalue weighted by Crippen LogP contribution is 2.20. The molecule has 2 aromatic heterocycles. The number of hydrogen-bond donors (Lipinski definition) is 1. The molecule has 3 rings (SSSR count). The lowest BCUT2D eigenvalue weighted by Gasteiger charge is -2.01. The molecule has 0 bridgehead atoms. The quantitative estimate of drug-likeness (QED) is 0.779. The van der Waals surface area contributed by atoms with E-state index < -0.39 is 0 Å². The number of hydrogen-bond acceptors (Lipinski definition) is 3. The third-order valence-electron chi connectivity index (χ3n) is 2.92. The molecular formula is C14H15N3S. The molecule has 0 fully saturated rings. The fourth-order valence-corrected chi connectivity index (χ4v) is 3.11. The Morgan fingerprint density at radius 1 is 1.17 bits per heavy atom. The van der Waals surface area contributed by atoms with Gasteiger partial charge < -0.3 is 9.88 Å². The first kappa shape index (κ1) is 11.4. The number of nitrogens with one attached hydrogen (secondary N) is 1. The van der Waals surface area contributed by atoms with Gasteiger partial charge in [0.25, 0.3) is 0 Å². The molecule has 0 spiro atoms. The predicted molar refractivity (Wildman–Crippen MR) is 75.9 cm³/mol. The molecule has 0 amide bonds. The minimum absolute atomic E-state index is 0.898. The number of para-hydroxylation sites is 2. The third kappa shape index (κ3) is 2.17. The van der Waals surface area contributed by atoms with Crippen LogP contribution in [0.2, 0.25) is 0 Å². The summed E-state index contributed by atoms with van der Waals surface area (Å²) in [5.74, 6) is 0. The van der Waals surface area contributed by atoms with E-state index in [4.69, 9.17) is 0 Å². The van der Waals surface area contributed by atoms with Crippen LogP contribution >= 0.6 is 11.3 Å². The van der Waals surface area contributed by atoms with E-state index in [0.29, 0.717) is 0 Å². The van der Waals surface area contributed by atoms with Crippen molar-refractivity contribution in [2.45, 2.75) is 13.1 Å². The van der Waals surface area contributed by atoms with Gasteiger partial charge in [-0.3, -0.25) is 0 Å². The Kier molecular flexibility index (Phi) is 3.13. The summed E-state index contributed by atoms with van der Waals surface area (Å²) in [6.45, 7) is 1.84. The Bertz CT molecular complexity index is 654. The lowest BCUT2D eigenvalue weighted by atomic mass is 10.3. The smallest absolute Gasteiger partial charge is 0.0961 e. The number of fused-ring (bicyclic) bond motifs is 1. The fraction of sp³-hybridized carbons (Fsp3) is 0.214. The molecule has 0 unspecified atom stereocenters. The van der Waals surface area contributed by atoms with E-state index >= 15 is 0 Å². The van der Waals surface area contributed by atoms with E-state index in [1.54, 1.807) is 0 Å². The summed E-state index contributed by atoms with van der Waals surface area (Å²) in [6, 6.07) is 12.6. The Labute approximate surface area is 110 Å². The Hall–Kier alpha value is -1.65. The lowest BCUT2D eigenvalue weighted by molar-refractivity contribution is 0.831. The summed E-state index contributed by atoms with van der Waals surface area (Å²) < 4.78 is 2.20. The molecule has 4 heteroatoms. The van der Waals surface area contributed by atoms with Gasteiger partial charge in [-0.05, 0) is 31.3 Å². The molecule has 0 saturated carbocycles. The van der Waals surface area contributed by atoms with Crippen LogP contribution in [-0.2, 0) is 13.1 Å². The second kappa shape index (κ2) is 4.92. The molecule has 0 saturated heterocycles. The summed E-state index contributed by atoms with van der Waals surface area (Å²) in [5.41, 5.74) is 2.26. The van der Waals surface area contributed by atoms with Gasteiger partial charge in [0.2, 0.25) is 0 Å². The largest absolute Gasteiger partial charge is 0.325 e. The van der Waals surface area contributed by atoms with Crippen LogP contribution in [0.25, 0.3) is 11.0 Å². The molecular weight excluding hydrogens is 242 g/mol. The van der Waals surface area contributed by atoms with Gasteiger partial charge in [0.05, 0.1) is 23.9 Å². The molecule has 0 atom stereocenters. The molecule has 3 aromatic rings. The van der Waals surface area contributed by atoms with Gasteiger partial charge in [-0.15, -0.1) is 11.3 Å². The molecule has 0 aliphatic carbocycles. The summed E-state index contributed by atoms with van der Waals surface area (Å²) in [5, 5.41) is 3.18. The van der Waals surface area contributed by atoms with Crippen molar-refractivity contribution < 1.29 is 0 Å². The van der Waals surface area contributed by atoms with E-state index in [0.717, 1.165) is 18.6 Å². The van der Waals surface area contributed by atoms with Gasteiger partial charge in [-0.1, -0.05) is 12.1 Å². The van der Waals surface area contributed by atoms with Gasteiger partial charge in [-0.2, -0.15) is 0 Å². The molecule has 0 aliphatic heterocycles. The van der Waals surface area contributed by atoms with E-state index in [-0.39, 0.29) is 0 Å². The van der Waals surface area contributed by atoms with E-state index in [2.05, 4.69) is 39.1 Å². The molecule has 0 aliphatic rings. The highest BCUT2D eigenvalue weighted by atomic mass is 32.1. The first-order chi connectivity index (χ1) is 8.86. The minimum Gasteiger partial charge on any atom is -0.325 e. The van der Waals surface area contributed by atoms with Crippen molar-refractivity contribution in [3.05, 3.63) is 52.5 Å². The number of benzene rings is 1. The second-order valence-corrected chi connectivity index (χ2v) is 5.51. The van der Waals surface area contributed by atoms with Crippen LogP contribution in [0.4, 0.5) is 0 Å². The minimum atomic E-state index is 0.898. The van der Waals surface area contributed by atoms with E-state index in [1.807, 2.05) is 36.8 Å². The van der Waals surface area contributed by atoms with Crippen LogP contribution in [0.15, 0.2) is 42.7 Å². The first-order valence-corrected chi connectivity index (χ1v) is 6.80. The number of nitrogens with zero attached hydrogens (tertiary/aromatic N) is 2. The SMILES string of the molecule is CNCc1ccc(Cn2cnc3ccccc32)s1. The van der Waals surface area contributed by atoms with Gasteiger partial charge in [0, 0.05) is 16.3 Å². The van der Waals surface area contributed by atoms with Gasteiger partial charge in [0.15, 0.2) is 0 Å². The molecule has 3 nitrogen and oxygen atoms in total. The molecule has 1 N–H and O–H groups in total. The predicted octanol–water partition coefficient (Wildman–Crippen LogP) is 2.87. The normalized spacial score (nSPS) is 11.2. The highest BCUT2D eigenvalue weighted by molar-refractivity contribution is 7.11. The fourth-order valence-electron chi connectivity index (χ4n) is 2.08. The lowest BCUT2D eigenvalue weighted by Crippen LogP contribution is -2.02. The van der Waals surface area contributed by atoms with Crippen molar-refractivity contribution in [3.63, 3.8) is 0 Å². The Morgan fingerprint density at radius 2 is 2.00 bits per heavy atom. The van der Waals surface area contributed by atoms with Crippen molar-refractivity contribution in [2.24, 2.45) is 0 Å². The van der Waals surface area contributed by atoms with Crippen LogP contribution in [-0.4, -0.2) is 16.6 Å². The van der Waals surface area contributed by atoms with E-state index in [1.165, 1.54) is 15.3 Å². The number of aromatic nitrogens is 2. The highest BCUT2D eigenvalue weighted by Gasteiger charge is 2.04. The average molecular weight is 257 g/mol. The van der Waals surface area contributed by atoms with Crippen molar-refractivity contribution in [1.82, 2.24) is 14.9 Å². The zero-order chi connectivity index (χ0) is 12.4. The number of rotatable bonds is 4. The van der Waals surface area contributed by atoms with Crippen LogP contribution < -0.4 is 5.32 Å². The number of imidazole rings is 1. The molecule has 2 heterocycles. The topological polar surface area (TPSA) is 29.9 Å². The van der Waals surface area contributed by atoms with Gasteiger partial charge >= 0.3 is 0 Å². The zero-order valence-corrected chi connectivity index (χ0v) is 11.1. The maximum absolute atomic E-state index is 4.41. The molecule has 18 heavy (non-hydrogen) atoms. The van der Waals surface area contributed by atoms with Gasteiger partial charge in [0.1, 0.15) is 0 Å². The summed E-state index contributed by atoms with van der Waals surface area (Å²) in [6.07, 6.45) is 1.92. The Balaban J connectivity index is 1.87. The molecule has 92 valence electrons. The summed E-state index contributed by atoms with van der Waals surface area (Å²) in [7, 11) is 1.97. The van der Waals surface area contributed by atoms with Crippen molar-refractivity contribution in [3.8, 4) is 0 Å². The molecule has 0 radical (unpaired) electrons. The zero-order valence-electron chi connectivity index (χ0n) is 10.3. The van der Waals surface area contributed by atoms with E-state index in [9.17, 15) is 0 Å². The maximum Gasteiger partial charge on any atom is 0.0961 e. The maximum atomic E-state index is 4.41. The average Bonchev–Trinajstić information content (AvgIpc) is 2.99. The second-order valence-electron chi connectivity index (χ2n) is 4.26. The standard InChI is InChI=1S/C14H15N3S/c1-15-8-11-6-7-12(18-11)9-17-10-16-13-4-2-3-5-14(13)17/h2-7,10,15H,8-9H2,1H3. The van der Waals surface area contributed by atoms with Crippen LogP contribution in [0.3, 0.4) is 0 Å². The Morgan fingerprint density at radius 3 is 2.89 bits per heavy atom. The van der Waals surface area contributed by atoms with Crippen LogP contribution in [0, 0.1) is 0 Å². The monoisotopic (exact) mass is 257 g/mol. The summed E-state index contributed by atoms with van der Waals surface area (Å²) >= 11 is 1.85. The summed E-state index contributed by atoms with van der Waals surface area (Å²) in [4.78, 5) is 7.15. The number of thiophene rings is 1. The molecule has 1 aromatic carbocycles. The third-order valence-corrected chi connectivity index (χ3v) is 3.99. The first-order valence-electron chi connectivity index (χ1n) is 5.99. The van der Waals surface area contributed by atoms with Crippen LogP contribution in [0.5, 0.6) is 0 Å². The van der Waals surface area contributed by atoms with Gasteiger partial charge in [-0.25, -0.2) is 4.98 Å². The van der Waals surface area contributed by atoms with Crippen LogP contribution in [0.1, 0.15) is 9.75 Å². The van der Waals surface area contributed by atoms with Crippen molar-refractivity contribution in [2.75, 3.05) is 7.05 Å². The van der Waals surface area contributed by atoms with Crippen molar-refractivity contribution in [1.29, 1.82) is 0 Å².